The molecule has 2 N–H and O–H groups in total. The first-order valence-corrected chi connectivity index (χ1v) is 9.68. The summed E-state index contributed by atoms with van der Waals surface area (Å²) in [5.74, 6) is 0.482. The molecule has 0 radical (unpaired) electrons. The number of hydrogen-bond donors (Lipinski definition) is 2. The molecule has 0 atom stereocenters. The molecular formula is C21H22BrNO4. The smallest absolute Gasteiger partial charge is 0.355 e. The van der Waals surface area contributed by atoms with Crippen molar-refractivity contribution < 1.29 is 19.4 Å². The van der Waals surface area contributed by atoms with Gasteiger partial charge in [0, 0.05) is 15.9 Å². The van der Waals surface area contributed by atoms with Gasteiger partial charge >= 0.3 is 5.97 Å². The highest BCUT2D eigenvalue weighted by Gasteiger charge is 2.19. The van der Waals surface area contributed by atoms with E-state index in [1.165, 1.54) is 0 Å². The predicted octanol–water partition coefficient (Wildman–Crippen LogP) is 5.13. The molecule has 3 rings (SSSR count). The van der Waals surface area contributed by atoms with Gasteiger partial charge in [0.1, 0.15) is 17.2 Å². The third-order valence-electron chi connectivity index (χ3n) is 4.25. The van der Waals surface area contributed by atoms with E-state index in [-0.39, 0.29) is 11.7 Å². The largest absolute Gasteiger partial charge is 0.508 e. The Morgan fingerprint density at radius 3 is 2.81 bits per heavy atom. The molecule has 0 bridgehead atoms. The van der Waals surface area contributed by atoms with E-state index in [9.17, 15) is 9.90 Å². The molecule has 3 aromatic rings. The van der Waals surface area contributed by atoms with E-state index in [4.69, 9.17) is 9.47 Å². The summed E-state index contributed by atoms with van der Waals surface area (Å²) in [6.07, 6.45) is 1.39. The van der Waals surface area contributed by atoms with Gasteiger partial charge in [-0.15, -0.1) is 0 Å². The highest BCUT2D eigenvalue weighted by molar-refractivity contribution is 9.10. The Kier molecular flexibility index (Phi) is 6.06. The maximum Gasteiger partial charge on any atom is 0.355 e. The summed E-state index contributed by atoms with van der Waals surface area (Å²) in [5, 5.41) is 10.7. The summed E-state index contributed by atoms with van der Waals surface area (Å²) in [7, 11) is 0. The third kappa shape index (κ3) is 4.45. The fourth-order valence-electron chi connectivity index (χ4n) is 3.13. The lowest BCUT2D eigenvalue weighted by Gasteiger charge is -2.08. The van der Waals surface area contributed by atoms with Crippen LogP contribution in [0.2, 0.25) is 0 Å². The van der Waals surface area contributed by atoms with Crippen LogP contribution in [0, 0.1) is 6.92 Å². The second kappa shape index (κ2) is 8.48. The molecule has 1 aromatic heterocycles. The number of hydrogen-bond acceptors (Lipinski definition) is 4. The zero-order chi connectivity index (χ0) is 19.4. The van der Waals surface area contributed by atoms with E-state index in [1.807, 2.05) is 31.2 Å². The van der Waals surface area contributed by atoms with Crippen LogP contribution in [0.5, 0.6) is 11.5 Å². The summed E-state index contributed by atoms with van der Waals surface area (Å²) in [4.78, 5) is 15.5. The van der Waals surface area contributed by atoms with Gasteiger partial charge in [-0.3, -0.25) is 0 Å². The number of aryl methyl sites for hydroxylation is 2. The maximum absolute atomic E-state index is 12.3. The molecule has 0 amide bonds. The second-order valence-electron chi connectivity index (χ2n) is 6.32. The number of carbonyl (C=O) groups is 1. The first kappa shape index (κ1) is 19.3. The van der Waals surface area contributed by atoms with Crippen molar-refractivity contribution in [1.82, 2.24) is 4.98 Å². The first-order chi connectivity index (χ1) is 13.0. The Labute approximate surface area is 166 Å². The summed E-state index contributed by atoms with van der Waals surface area (Å²) in [6, 6.07) is 11.0. The molecule has 0 saturated heterocycles. The first-order valence-electron chi connectivity index (χ1n) is 8.89. The van der Waals surface area contributed by atoms with E-state index in [0.717, 1.165) is 32.9 Å². The van der Waals surface area contributed by atoms with Crippen molar-refractivity contribution in [2.75, 3.05) is 13.2 Å². The number of H-pyrrole nitrogens is 1. The third-order valence-corrected chi connectivity index (χ3v) is 4.91. The van der Waals surface area contributed by atoms with Crippen LogP contribution in [-0.4, -0.2) is 29.3 Å². The number of para-hydroxylation sites is 1. The van der Waals surface area contributed by atoms with Gasteiger partial charge in [-0.05, 0) is 71.9 Å². The Balaban J connectivity index is 1.76. The molecule has 142 valence electrons. The number of nitrogens with one attached hydrogen (secondary N) is 1. The van der Waals surface area contributed by atoms with Gasteiger partial charge < -0.3 is 19.6 Å². The monoisotopic (exact) mass is 431 g/mol. The number of esters is 1. The molecule has 5 nitrogen and oxygen atoms in total. The van der Waals surface area contributed by atoms with Crippen molar-refractivity contribution >= 4 is 32.8 Å². The lowest BCUT2D eigenvalue weighted by Crippen LogP contribution is -2.09. The zero-order valence-corrected chi connectivity index (χ0v) is 16.9. The number of halogens is 1. The Morgan fingerprint density at radius 1 is 1.26 bits per heavy atom. The van der Waals surface area contributed by atoms with E-state index in [0.29, 0.717) is 31.1 Å². The van der Waals surface area contributed by atoms with E-state index < -0.39 is 0 Å². The van der Waals surface area contributed by atoms with Crippen LogP contribution in [0.1, 0.15) is 35.0 Å². The minimum Gasteiger partial charge on any atom is -0.508 e. The summed E-state index contributed by atoms with van der Waals surface area (Å²) in [5.41, 5.74) is 3.25. The van der Waals surface area contributed by atoms with E-state index >= 15 is 0 Å². The predicted molar refractivity (Wildman–Crippen MR) is 109 cm³/mol. The van der Waals surface area contributed by atoms with Crippen LogP contribution in [0.15, 0.2) is 40.9 Å². The zero-order valence-electron chi connectivity index (χ0n) is 15.3. The quantitative estimate of drug-likeness (QED) is 0.401. The minimum absolute atomic E-state index is 0.191. The summed E-state index contributed by atoms with van der Waals surface area (Å²) >= 11 is 3.53. The molecule has 0 spiro atoms. The highest BCUT2D eigenvalue weighted by Crippen LogP contribution is 2.30. The number of carbonyl (C=O) groups excluding carboxylic acids is 1. The number of aromatic nitrogens is 1. The number of aromatic hydroxyl groups is 1. The van der Waals surface area contributed by atoms with Crippen LogP contribution in [0.4, 0.5) is 0 Å². The van der Waals surface area contributed by atoms with Crippen molar-refractivity contribution in [3.63, 3.8) is 0 Å². The Bertz CT molecular complexity index is 944. The summed E-state index contributed by atoms with van der Waals surface area (Å²) in [6.45, 7) is 4.50. The number of ether oxygens (including phenoxy) is 2. The summed E-state index contributed by atoms with van der Waals surface area (Å²) < 4.78 is 11.9. The van der Waals surface area contributed by atoms with Crippen LogP contribution in [0.3, 0.4) is 0 Å². The molecule has 0 saturated carbocycles. The minimum atomic E-state index is -0.347. The van der Waals surface area contributed by atoms with Crippen molar-refractivity contribution in [3.8, 4) is 11.5 Å². The van der Waals surface area contributed by atoms with Crippen molar-refractivity contribution in [1.29, 1.82) is 0 Å². The average molecular weight is 432 g/mol. The van der Waals surface area contributed by atoms with Crippen LogP contribution < -0.4 is 4.74 Å². The van der Waals surface area contributed by atoms with Gasteiger partial charge in [0.05, 0.1) is 18.7 Å². The molecule has 6 heteroatoms. The van der Waals surface area contributed by atoms with Crippen molar-refractivity contribution in [2.24, 2.45) is 0 Å². The van der Waals surface area contributed by atoms with Gasteiger partial charge in [-0.25, -0.2) is 4.79 Å². The molecule has 0 unspecified atom stereocenters. The Hall–Kier alpha value is -2.47. The highest BCUT2D eigenvalue weighted by atomic mass is 79.9. The molecule has 2 aromatic carbocycles. The molecule has 0 aliphatic carbocycles. The molecule has 0 aliphatic heterocycles. The van der Waals surface area contributed by atoms with Gasteiger partial charge in [-0.1, -0.05) is 12.1 Å². The topological polar surface area (TPSA) is 71.6 Å². The SMILES string of the molecule is CCOC(=O)c1[nH]c2c(Br)cccc2c1CCCOc1cc(C)cc(O)c1. The average Bonchev–Trinajstić information content (AvgIpc) is 2.98. The van der Waals surface area contributed by atoms with Crippen molar-refractivity contribution in [2.45, 2.75) is 26.7 Å². The molecule has 1 heterocycles. The van der Waals surface area contributed by atoms with Gasteiger partial charge in [0.2, 0.25) is 0 Å². The van der Waals surface area contributed by atoms with Crippen LogP contribution in [0.25, 0.3) is 10.9 Å². The molecular weight excluding hydrogens is 410 g/mol. The van der Waals surface area contributed by atoms with Gasteiger partial charge in [0.25, 0.3) is 0 Å². The Morgan fingerprint density at radius 2 is 2.07 bits per heavy atom. The normalized spacial score (nSPS) is 10.9. The standard InChI is InChI=1S/C21H22BrNO4/c1-3-26-21(25)20-17(16-6-4-8-18(22)19(16)23-20)7-5-9-27-15-11-13(2)10-14(24)12-15/h4,6,8,10-12,23-24H,3,5,7,9H2,1-2H3. The molecule has 0 aliphatic rings. The van der Waals surface area contributed by atoms with E-state index in [2.05, 4.69) is 20.9 Å². The van der Waals surface area contributed by atoms with Gasteiger partial charge in [-0.2, -0.15) is 0 Å². The lowest BCUT2D eigenvalue weighted by molar-refractivity contribution is 0.0519. The lowest BCUT2D eigenvalue weighted by atomic mass is 10.1. The number of fused-ring (bicyclic) bond motifs is 1. The second-order valence-corrected chi connectivity index (χ2v) is 7.17. The number of benzene rings is 2. The van der Waals surface area contributed by atoms with E-state index in [1.54, 1.807) is 19.1 Å². The van der Waals surface area contributed by atoms with Gasteiger partial charge in [0.15, 0.2) is 0 Å². The molecule has 0 fully saturated rings. The van der Waals surface area contributed by atoms with Crippen molar-refractivity contribution in [3.05, 3.63) is 57.7 Å². The maximum atomic E-state index is 12.3. The number of rotatable bonds is 7. The number of phenols is 1. The van der Waals surface area contributed by atoms with Crippen LogP contribution in [-0.2, 0) is 11.2 Å². The van der Waals surface area contributed by atoms with Crippen LogP contribution >= 0.6 is 15.9 Å². The number of phenolic OH excluding ortho intramolecular Hbond substituents is 1. The fourth-order valence-corrected chi connectivity index (χ4v) is 3.59. The number of aromatic amines is 1. The molecule has 27 heavy (non-hydrogen) atoms. The fraction of sp³-hybridized carbons (Fsp3) is 0.286.